The first-order chi connectivity index (χ1) is 13.3. The van der Waals surface area contributed by atoms with Crippen LogP contribution >= 0.6 is 0 Å². The SMILES string of the molecule is O=C(c1ccc(NC2CCCC3OCCC23)nc1)N1CCc2ccccc21. The molecule has 1 N–H and O–H groups in total. The van der Waals surface area contributed by atoms with Gasteiger partial charge in [0.1, 0.15) is 5.82 Å². The summed E-state index contributed by atoms with van der Waals surface area (Å²) < 4.78 is 5.85. The summed E-state index contributed by atoms with van der Waals surface area (Å²) in [6, 6.07) is 12.4. The summed E-state index contributed by atoms with van der Waals surface area (Å²) in [6.07, 6.45) is 7.71. The Hall–Kier alpha value is -2.40. The number of nitrogens with one attached hydrogen (secondary N) is 1. The van der Waals surface area contributed by atoms with Gasteiger partial charge in [-0.3, -0.25) is 4.79 Å². The average molecular weight is 363 g/mol. The van der Waals surface area contributed by atoms with Crippen LogP contribution in [0.3, 0.4) is 0 Å². The maximum atomic E-state index is 12.9. The number of para-hydroxylation sites is 1. The number of hydrogen-bond acceptors (Lipinski definition) is 4. The molecule has 0 bridgehead atoms. The van der Waals surface area contributed by atoms with E-state index in [9.17, 15) is 4.79 Å². The van der Waals surface area contributed by atoms with Crippen molar-refractivity contribution in [2.75, 3.05) is 23.4 Å². The number of benzene rings is 1. The summed E-state index contributed by atoms with van der Waals surface area (Å²) >= 11 is 0. The van der Waals surface area contributed by atoms with Crippen LogP contribution in [0.25, 0.3) is 0 Å². The molecule has 5 rings (SSSR count). The van der Waals surface area contributed by atoms with Crippen molar-refractivity contribution in [1.29, 1.82) is 0 Å². The van der Waals surface area contributed by atoms with Gasteiger partial charge in [-0.05, 0) is 55.9 Å². The number of nitrogens with zero attached hydrogens (tertiary/aromatic N) is 2. The second-order valence-corrected chi connectivity index (χ2v) is 7.81. The largest absolute Gasteiger partial charge is 0.378 e. The summed E-state index contributed by atoms with van der Waals surface area (Å²) in [5.74, 6) is 1.47. The van der Waals surface area contributed by atoms with Crippen LogP contribution in [0.1, 0.15) is 41.6 Å². The monoisotopic (exact) mass is 363 g/mol. The highest BCUT2D eigenvalue weighted by Gasteiger charge is 2.37. The Morgan fingerprint density at radius 2 is 2.07 bits per heavy atom. The molecule has 1 saturated heterocycles. The number of ether oxygens (including phenoxy) is 1. The topological polar surface area (TPSA) is 54.5 Å². The van der Waals surface area contributed by atoms with Gasteiger partial charge >= 0.3 is 0 Å². The lowest BCUT2D eigenvalue weighted by atomic mass is 9.82. The van der Waals surface area contributed by atoms with E-state index >= 15 is 0 Å². The van der Waals surface area contributed by atoms with Crippen LogP contribution in [0.4, 0.5) is 11.5 Å². The van der Waals surface area contributed by atoms with Crippen molar-refractivity contribution >= 4 is 17.4 Å². The van der Waals surface area contributed by atoms with Gasteiger partial charge in [-0.2, -0.15) is 0 Å². The maximum absolute atomic E-state index is 12.9. The summed E-state index contributed by atoms with van der Waals surface area (Å²) in [5, 5.41) is 3.59. The molecular weight excluding hydrogens is 338 g/mol. The molecule has 0 radical (unpaired) electrons. The van der Waals surface area contributed by atoms with Crippen LogP contribution in [0.5, 0.6) is 0 Å². The number of amides is 1. The zero-order valence-corrected chi connectivity index (χ0v) is 15.4. The van der Waals surface area contributed by atoms with Crippen molar-refractivity contribution in [3.05, 3.63) is 53.7 Å². The van der Waals surface area contributed by atoms with Gasteiger partial charge < -0.3 is 15.0 Å². The standard InChI is InChI=1S/C22H25N3O2/c26-22(25-12-10-15-4-1-2-6-19(15)25)16-8-9-21(23-14-16)24-18-5-3-7-20-17(18)11-13-27-20/h1-2,4,6,8-9,14,17-18,20H,3,5,7,10-13H2,(H,23,24). The predicted molar refractivity (Wildman–Crippen MR) is 105 cm³/mol. The van der Waals surface area contributed by atoms with Gasteiger partial charge in [-0.1, -0.05) is 18.2 Å². The van der Waals surface area contributed by atoms with Crippen LogP contribution in [-0.4, -0.2) is 36.2 Å². The van der Waals surface area contributed by atoms with Gasteiger partial charge in [-0.25, -0.2) is 4.98 Å². The summed E-state index contributed by atoms with van der Waals surface area (Å²) in [4.78, 5) is 19.3. The molecule has 5 heteroatoms. The minimum absolute atomic E-state index is 0.0286. The Balaban J connectivity index is 1.29. The minimum atomic E-state index is 0.0286. The van der Waals surface area contributed by atoms with Crippen LogP contribution in [0, 0.1) is 5.92 Å². The van der Waals surface area contributed by atoms with Crippen molar-refractivity contribution in [1.82, 2.24) is 4.98 Å². The number of anilines is 2. The molecule has 0 spiro atoms. The summed E-state index contributed by atoms with van der Waals surface area (Å²) in [5.41, 5.74) is 2.91. The Morgan fingerprint density at radius 3 is 2.96 bits per heavy atom. The van der Waals surface area contributed by atoms with E-state index < -0.39 is 0 Å². The third-order valence-corrected chi connectivity index (χ3v) is 6.26. The quantitative estimate of drug-likeness (QED) is 0.904. The maximum Gasteiger partial charge on any atom is 0.259 e. The van der Waals surface area contributed by atoms with Crippen molar-refractivity contribution < 1.29 is 9.53 Å². The molecule has 2 aromatic rings. The van der Waals surface area contributed by atoms with Crippen molar-refractivity contribution in [3.63, 3.8) is 0 Å². The lowest BCUT2D eigenvalue weighted by Crippen LogP contribution is -2.38. The number of aromatic nitrogens is 1. The van der Waals surface area contributed by atoms with E-state index in [0.717, 1.165) is 43.9 Å². The zero-order chi connectivity index (χ0) is 18.2. The smallest absolute Gasteiger partial charge is 0.259 e. The second kappa shape index (κ2) is 6.97. The molecule has 2 aliphatic heterocycles. The lowest BCUT2D eigenvalue weighted by Gasteiger charge is -2.33. The van der Waals surface area contributed by atoms with Gasteiger partial charge in [0.2, 0.25) is 0 Å². The molecule has 5 nitrogen and oxygen atoms in total. The molecule has 3 unspecified atom stereocenters. The van der Waals surface area contributed by atoms with Crippen LogP contribution in [-0.2, 0) is 11.2 Å². The molecule has 1 saturated carbocycles. The fraction of sp³-hybridized carbons (Fsp3) is 0.455. The molecule has 1 aliphatic carbocycles. The number of pyridine rings is 1. The second-order valence-electron chi connectivity index (χ2n) is 7.81. The van der Waals surface area contributed by atoms with Gasteiger partial charge in [0, 0.05) is 37.0 Å². The minimum Gasteiger partial charge on any atom is -0.378 e. The first-order valence-corrected chi connectivity index (χ1v) is 10.0. The molecule has 3 aliphatic rings. The zero-order valence-electron chi connectivity index (χ0n) is 15.4. The van der Waals surface area contributed by atoms with E-state index in [0.29, 0.717) is 23.6 Å². The number of rotatable bonds is 3. The molecule has 140 valence electrons. The molecule has 1 aromatic heterocycles. The Morgan fingerprint density at radius 1 is 1.15 bits per heavy atom. The molecular formula is C22H25N3O2. The Kier molecular flexibility index (Phi) is 4.32. The van der Waals surface area contributed by atoms with Gasteiger partial charge in [0.05, 0.1) is 11.7 Å². The average Bonchev–Trinajstić information content (AvgIpc) is 3.36. The highest BCUT2D eigenvalue weighted by atomic mass is 16.5. The predicted octanol–water partition coefficient (Wildman–Crippen LogP) is 3.65. The Labute approximate surface area is 159 Å². The molecule has 1 aromatic carbocycles. The van der Waals surface area contributed by atoms with E-state index in [2.05, 4.69) is 16.4 Å². The van der Waals surface area contributed by atoms with Crippen LogP contribution in [0.15, 0.2) is 42.6 Å². The Bertz CT molecular complexity index is 836. The van der Waals surface area contributed by atoms with Crippen LogP contribution in [0.2, 0.25) is 0 Å². The van der Waals surface area contributed by atoms with E-state index in [-0.39, 0.29) is 5.91 Å². The molecule has 3 atom stereocenters. The van der Waals surface area contributed by atoms with Crippen molar-refractivity contribution in [3.8, 4) is 0 Å². The van der Waals surface area contributed by atoms with E-state index in [1.165, 1.54) is 18.4 Å². The first kappa shape index (κ1) is 16.8. The number of hydrogen-bond donors (Lipinski definition) is 1. The lowest BCUT2D eigenvalue weighted by molar-refractivity contribution is 0.0619. The molecule has 3 heterocycles. The number of carbonyl (C=O) groups is 1. The molecule has 1 amide bonds. The first-order valence-electron chi connectivity index (χ1n) is 10.0. The summed E-state index contributed by atoms with van der Waals surface area (Å²) in [6.45, 7) is 1.62. The normalized spacial score (nSPS) is 26.5. The van der Waals surface area contributed by atoms with Crippen molar-refractivity contribution in [2.45, 2.75) is 44.2 Å². The van der Waals surface area contributed by atoms with Crippen molar-refractivity contribution in [2.24, 2.45) is 5.92 Å². The third-order valence-electron chi connectivity index (χ3n) is 6.26. The fourth-order valence-corrected chi connectivity index (χ4v) is 4.86. The highest BCUT2D eigenvalue weighted by Crippen LogP contribution is 2.36. The molecule has 27 heavy (non-hydrogen) atoms. The molecule has 2 fully saturated rings. The van der Waals surface area contributed by atoms with Gasteiger partial charge in [0.25, 0.3) is 5.91 Å². The fourth-order valence-electron chi connectivity index (χ4n) is 4.86. The van der Waals surface area contributed by atoms with E-state index in [1.54, 1.807) is 6.20 Å². The van der Waals surface area contributed by atoms with Gasteiger partial charge in [0.15, 0.2) is 0 Å². The van der Waals surface area contributed by atoms with Gasteiger partial charge in [-0.15, -0.1) is 0 Å². The van der Waals surface area contributed by atoms with E-state index in [4.69, 9.17) is 4.74 Å². The van der Waals surface area contributed by atoms with Crippen LogP contribution < -0.4 is 10.2 Å². The number of carbonyl (C=O) groups excluding carboxylic acids is 1. The summed E-state index contributed by atoms with van der Waals surface area (Å²) in [7, 11) is 0. The third kappa shape index (κ3) is 3.10. The van der Waals surface area contributed by atoms with E-state index in [1.807, 2.05) is 35.2 Å². The highest BCUT2D eigenvalue weighted by molar-refractivity contribution is 6.07. The number of fused-ring (bicyclic) bond motifs is 2.